The standard InChI is InChI=1S/C19H20FN3O/c1-14(22-12-15-3-8-19(24-2)18(20)11-15)16-4-6-17(7-5-16)23-10-9-21-13-23/h3-11,13-14,22H,12H2,1-2H3/t14-/m0/s1. The fourth-order valence-corrected chi connectivity index (χ4v) is 2.56. The van der Waals surface area contributed by atoms with E-state index in [-0.39, 0.29) is 17.6 Å². The summed E-state index contributed by atoms with van der Waals surface area (Å²) in [6.07, 6.45) is 5.44. The van der Waals surface area contributed by atoms with Gasteiger partial charge in [-0.1, -0.05) is 18.2 Å². The molecule has 3 rings (SSSR count). The monoisotopic (exact) mass is 325 g/mol. The van der Waals surface area contributed by atoms with Crippen LogP contribution in [0.3, 0.4) is 0 Å². The van der Waals surface area contributed by atoms with Crippen molar-refractivity contribution in [1.82, 2.24) is 14.9 Å². The lowest BCUT2D eigenvalue weighted by Gasteiger charge is -2.15. The Kier molecular flexibility index (Phi) is 4.91. The van der Waals surface area contributed by atoms with Crippen LogP contribution >= 0.6 is 0 Å². The number of aromatic nitrogens is 2. The Bertz CT molecular complexity index is 785. The van der Waals surface area contributed by atoms with Crippen molar-refractivity contribution < 1.29 is 9.13 Å². The first-order valence-corrected chi connectivity index (χ1v) is 7.81. The molecule has 0 fully saturated rings. The molecule has 1 N–H and O–H groups in total. The Morgan fingerprint density at radius 3 is 2.62 bits per heavy atom. The maximum Gasteiger partial charge on any atom is 0.165 e. The van der Waals surface area contributed by atoms with Gasteiger partial charge in [0.1, 0.15) is 0 Å². The second kappa shape index (κ2) is 7.27. The predicted octanol–water partition coefficient (Wildman–Crippen LogP) is 3.87. The molecule has 0 aliphatic rings. The number of methoxy groups -OCH3 is 1. The van der Waals surface area contributed by atoms with E-state index >= 15 is 0 Å². The Labute approximate surface area is 140 Å². The Hall–Kier alpha value is -2.66. The van der Waals surface area contributed by atoms with Crippen molar-refractivity contribution in [2.24, 2.45) is 0 Å². The van der Waals surface area contributed by atoms with E-state index in [9.17, 15) is 4.39 Å². The molecule has 3 aromatic rings. The van der Waals surface area contributed by atoms with E-state index in [1.807, 2.05) is 16.8 Å². The van der Waals surface area contributed by atoms with E-state index in [0.717, 1.165) is 11.3 Å². The molecule has 5 heteroatoms. The van der Waals surface area contributed by atoms with Crippen LogP contribution in [0.2, 0.25) is 0 Å². The summed E-state index contributed by atoms with van der Waals surface area (Å²) in [7, 11) is 1.46. The van der Waals surface area contributed by atoms with Crippen LogP contribution in [0.4, 0.5) is 4.39 Å². The van der Waals surface area contributed by atoms with Gasteiger partial charge < -0.3 is 14.6 Å². The van der Waals surface area contributed by atoms with Crippen LogP contribution in [0, 0.1) is 5.82 Å². The number of rotatable bonds is 6. The number of imidazole rings is 1. The van der Waals surface area contributed by atoms with Gasteiger partial charge in [-0.3, -0.25) is 0 Å². The average molecular weight is 325 g/mol. The summed E-state index contributed by atoms with van der Waals surface area (Å²) >= 11 is 0. The maximum atomic E-state index is 13.7. The number of nitrogens with one attached hydrogen (secondary N) is 1. The van der Waals surface area contributed by atoms with Crippen LogP contribution in [-0.2, 0) is 6.54 Å². The van der Waals surface area contributed by atoms with Crippen LogP contribution in [0.5, 0.6) is 5.75 Å². The highest BCUT2D eigenvalue weighted by Crippen LogP contribution is 2.19. The third-order valence-corrected chi connectivity index (χ3v) is 4.02. The van der Waals surface area contributed by atoms with Crippen molar-refractivity contribution in [2.45, 2.75) is 19.5 Å². The first-order valence-electron chi connectivity index (χ1n) is 7.81. The molecule has 0 aliphatic heterocycles. The van der Waals surface area contributed by atoms with E-state index < -0.39 is 0 Å². The molecule has 1 atom stereocenters. The third kappa shape index (κ3) is 3.63. The largest absolute Gasteiger partial charge is 0.494 e. The first-order chi connectivity index (χ1) is 11.7. The predicted molar refractivity (Wildman–Crippen MR) is 91.8 cm³/mol. The number of halogens is 1. The van der Waals surface area contributed by atoms with Gasteiger partial charge in [0.15, 0.2) is 11.6 Å². The summed E-state index contributed by atoms with van der Waals surface area (Å²) in [5.41, 5.74) is 3.13. The second-order valence-corrected chi connectivity index (χ2v) is 5.63. The summed E-state index contributed by atoms with van der Waals surface area (Å²) in [4.78, 5) is 4.05. The van der Waals surface area contributed by atoms with Gasteiger partial charge in [0.2, 0.25) is 0 Å². The fourth-order valence-electron chi connectivity index (χ4n) is 2.56. The van der Waals surface area contributed by atoms with Crippen molar-refractivity contribution in [3.63, 3.8) is 0 Å². The van der Waals surface area contributed by atoms with Gasteiger partial charge in [-0.15, -0.1) is 0 Å². The zero-order valence-electron chi connectivity index (χ0n) is 13.7. The normalized spacial score (nSPS) is 12.1. The molecule has 124 valence electrons. The van der Waals surface area contributed by atoms with Crippen LogP contribution in [0.1, 0.15) is 24.1 Å². The van der Waals surface area contributed by atoms with Gasteiger partial charge in [-0.05, 0) is 42.3 Å². The molecule has 0 spiro atoms. The Morgan fingerprint density at radius 1 is 1.21 bits per heavy atom. The number of hydrogen-bond acceptors (Lipinski definition) is 3. The van der Waals surface area contributed by atoms with Gasteiger partial charge in [-0.25, -0.2) is 9.37 Å². The van der Waals surface area contributed by atoms with Crippen molar-refractivity contribution >= 4 is 0 Å². The second-order valence-electron chi connectivity index (χ2n) is 5.63. The number of ether oxygens (including phenoxy) is 1. The molecule has 0 bridgehead atoms. The first kappa shape index (κ1) is 16.2. The lowest BCUT2D eigenvalue weighted by Crippen LogP contribution is -2.18. The molecule has 0 radical (unpaired) electrons. The van der Waals surface area contributed by atoms with Crippen LogP contribution in [0.15, 0.2) is 61.2 Å². The smallest absolute Gasteiger partial charge is 0.165 e. The van der Waals surface area contributed by atoms with Crippen molar-refractivity contribution in [2.75, 3.05) is 7.11 Å². The molecule has 24 heavy (non-hydrogen) atoms. The van der Waals surface area contributed by atoms with Gasteiger partial charge in [0.25, 0.3) is 0 Å². The maximum absolute atomic E-state index is 13.7. The topological polar surface area (TPSA) is 39.1 Å². The van der Waals surface area contributed by atoms with Gasteiger partial charge in [0.05, 0.1) is 13.4 Å². The fraction of sp³-hybridized carbons (Fsp3) is 0.211. The molecule has 1 aromatic heterocycles. The van der Waals surface area contributed by atoms with E-state index in [0.29, 0.717) is 6.54 Å². The molecule has 0 amide bonds. The summed E-state index contributed by atoms with van der Waals surface area (Å²) < 4.78 is 20.6. The Balaban J connectivity index is 1.62. The van der Waals surface area contributed by atoms with Gasteiger partial charge in [0, 0.05) is 30.7 Å². The Morgan fingerprint density at radius 2 is 2.00 bits per heavy atom. The highest BCUT2D eigenvalue weighted by molar-refractivity contribution is 5.35. The number of benzene rings is 2. The summed E-state index contributed by atoms with van der Waals surface area (Å²) in [6, 6.07) is 13.5. The van der Waals surface area contributed by atoms with E-state index in [2.05, 4.69) is 41.5 Å². The molecular weight excluding hydrogens is 305 g/mol. The van der Waals surface area contributed by atoms with E-state index in [4.69, 9.17) is 4.74 Å². The lowest BCUT2D eigenvalue weighted by atomic mass is 10.1. The molecule has 1 heterocycles. The van der Waals surface area contributed by atoms with E-state index in [1.165, 1.54) is 18.7 Å². The van der Waals surface area contributed by atoms with Gasteiger partial charge in [-0.2, -0.15) is 0 Å². The quantitative estimate of drug-likeness (QED) is 0.748. The minimum Gasteiger partial charge on any atom is -0.494 e. The summed E-state index contributed by atoms with van der Waals surface area (Å²) in [5.74, 6) is -0.0731. The highest BCUT2D eigenvalue weighted by atomic mass is 19.1. The van der Waals surface area contributed by atoms with E-state index in [1.54, 1.807) is 18.6 Å². The number of nitrogens with zero attached hydrogens (tertiary/aromatic N) is 2. The molecule has 4 nitrogen and oxygen atoms in total. The van der Waals surface area contributed by atoms with Crippen LogP contribution < -0.4 is 10.1 Å². The van der Waals surface area contributed by atoms with Crippen molar-refractivity contribution in [1.29, 1.82) is 0 Å². The van der Waals surface area contributed by atoms with Crippen molar-refractivity contribution in [3.05, 3.63) is 78.1 Å². The molecule has 2 aromatic carbocycles. The summed E-state index contributed by atoms with van der Waals surface area (Å²) in [6.45, 7) is 2.68. The molecule has 0 saturated carbocycles. The molecule has 0 unspecified atom stereocenters. The number of hydrogen-bond donors (Lipinski definition) is 1. The zero-order valence-corrected chi connectivity index (χ0v) is 13.7. The van der Waals surface area contributed by atoms with Crippen LogP contribution in [0.25, 0.3) is 5.69 Å². The average Bonchev–Trinajstić information content (AvgIpc) is 3.14. The minimum atomic E-state index is -0.339. The molecular formula is C19H20FN3O. The van der Waals surface area contributed by atoms with Crippen LogP contribution in [-0.4, -0.2) is 16.7 Å². The summed E-state index contributed by atoms with van der Waals surface area (Å²) in [5, 5.41) is 3.41. The minimum absolute atomic E-state index is 0.159. The van der Waals surface area contributed by atoms with Crippen molar-refractivity contribution in [3.8, 4) is 11.4 Å². The third-order valence-electron chi connectivity index (χ3n) is 4.02. The highest BCUT2D eigenvalue weighted by Gasteiger charge is 2.07. The lowest BCUT2D eigenvalue weighted by molar-refractivity contribution is 0.386. The molecule has 0 aliphatic carbocycles. The molecule has 0 saturated heterocycles. The SMILES string of the molecule is COc1ccc(CN[C@@H](C)c2ccc(-n3ccnc3)cc2)cc1F. The van der Waals surface area contributed by atoms with Gasteiger partial charge >= 0.3 is 0 Å². The zero-order chi connectivity index (χ0) is 16.9.